The van der Waals surface area contributed by atoms with Crippen molar-refractivity contribution in [2.45, 2.75) is 238 Å². The lowest BCUT2D eigenvalue weighted by atomic mass is 10.0. The largest absolute Gasteiger partial charge is 0.756 e. The lowest BCUT2D eigenvalue weighted by molar-refractivity contribution is -0.870. The molecule has 0 aromatic carbocycles. The number of rotatable bonds is 54. The van der Waals surface area contributed by atoms with Crippen molar-refractivity contribution in [1.82, 2.24) is 0 Å². The van der Waals surface area contributed by atoms with E-state index in [1.165, 1.54) is 77.0 Å². The molecule has 0 saturated heterocycles. The number of carbonyl (C=O) groups is 2. The lowest BCUT2D eigenvalue weighted by Crippen LogP contribution is -2.37. The molecular formula is C66H112NO8P. The van der Waals surface area contributed by atoms with Crippen molar-refractivity contribution < 1.29 is 42.1 Å². The highest BCUT2D eigenvalue weighted by atomic mass is 31.2. The summed E-state index contributed by atoms with van der Waals surface area (Å²) in [6.07, 6.45) is 79.5. The van der Waals surface area contributed by atoms with Crippen LogP contribution in [0, 0.1) is 0 Å². The number of quaternary nitrogens is 1. The van der Waals surface area contributed by atoms with Gasteiger partial charge in [-0.05, 0) is 103 Å². The third-order valence-electron chi connectivity index (χ3n) is 12.5. The van der Waals surface area contributed by atoms with Crippen LogP contribution < -0.4 is 4.89 Å². The normalized spacial score (nSPS) is 14.1. The Kier molecular flexibility index (Phi) is 53.5. The van der Waals surface area contributed by atoms with E-state index in [1.807, 2.05) is 21.1 Å². The minimum absolute atomic E-state index is 0.0385. The van der Waals surface area contributed by atoms with Crippen molar-refractivity contribution in [3.63, 3.8) is 0 Å². The van der Waals surface area contributed by atoms with Gasteiger partial charge in [0.15, 0.2) is 6.10 Å². The lowest BCUT2D eigenvalue weighted by Gasteiger charge is -2.28. The summed E-state index contributed by atoms with van der Waals surface area (Å²) in [4.78, 5) is 37.9. The zero-order valence-corrected chi connectivity index (χ0v) is 50.0. The average molecular weight is 1080 g/mol. The van der Waals surface area contributed by atoms with Crippen molar-refractivity contribution >= 4 is 19.8 Å². The molecule has 0 rings (SSSR count). The van der Waals surface area contributed by atoms with Gasteiger partial charge in [-0.25, -0.2) is 0 Å². The number of likely N-dealkylation sites (N-methyl/N-ethyl adjacent to an activating group) is 1. The average Bonchev–Trinajstić information content (AvgIpc) is 3.38. The molecule has 0 spiro atoms. The van der Waals surface area contributed by atoms with E-state index in [9.17, 15) is 19.0 Å². The van der Waals surface area contributed by atoms with Gasteiger partial charge in [-0.3, -0.25) is 14.2 Å². The number of hydrogen-bond acceptors (Lipinski definition) is 8. The van der Waals surface area contributed by atoms with Crippen LogP contribution in [-0.2, 0) is 32.7 Å². The van der Waals surface area contributed by atoms with E-state index >= 15 is 0 Å². The molecule has 0 aliphatic heterocycles. The number of carbonyl (C=O) groups excluding carboxylic acids is 2. The standard InChI is InChI=1S/C66H112NO8P/c1-6-8-10-12-14-16-18-20-22-24-26-28-30-31-32-33-34-35-37-39-41-43-45-47-49-51-53-55-57-59-66(69)75-64(63-74-76(70,71)73-61-60-67(3,4)5)62-72-65(68)58-56-54-52-50-48-46-44-42-40-38-36-29-27-25-23-21-19-17-15-13-11-9-7-2/h8-11,14-17,20-23,26-29,31-32,34-35,64H,6-7,12-13,18-19,24-25,30,33,36-63H2,1-5H3/b10-8-,11-9-,16-14-,17-15-,22-20-,23-21-,28-26-,29-27-,32-31-,35-34-. The van der Waals surface area contributed by atoms with Gasteiger partial charge in [0.1, 0.15) is 19.8 Å². The molecule has 9 nitrogen and oxygen atoms in total. The Labute approximate surface area is 467 Å². The predicted molar refractivity (Wildman–Crippen MR) is 323 cm³/mol. The van der Waals surface area contributed by atoms with Crippen molar-refractivity contribution in [3.8, 4) is 0 Å². The third-order valence-corrected chi connectivity index (χ3v) is 13.4. The molecular weight excluding hydrogens is 966 g/mol. The van der Waals surface area contributed by atoms with Crippen LogP contribution in [-0.4, -0.2) is 70.0 Å². The van der Waals surface area contributed by atoms with Crippen LogP contribution in [0.15, 0.2) is 122 Å². The molecule has 2 atom stereocenters. The van der Waals surface area contributed by atoms with Crippen LogP contribution in [0.1, 0.15) is 232 Å². The second-order valence-corrected chi connectivity index (χ2v) is 22.4. The minimum atomic E-state index is -4.65. The minimum Gasteiger partial charge on any atom is -0.756 e. The van der Waals surface area contributed by atoms with Gasteiger partial charge in [0, 0.05) is 12.8 Å². The monoisotopic (exact) mass is 1080 g/mol. The Morgan fingerprint density at radius 3 is 1.05 bits per heavy atom. The molecule has 0 heterocycles. The molecule has 434 valence electrons. The van der Waals surface area contributed by atoms with Gasteiger partial charge >= 0.3 is 11.9 Å². The molecule has 0 amide bonds. The first-order valence-corrected chi connectivity index (χ1v) is 31.7. The second kappa shape index (κ2) is 56.1. The molecule has 0 radical (unpaired) electrons. The maximum Gasteiger partial charge on any atom is 0.306 e. The molecule has 76 heavy (non-hydrogen) atoms. The van der Waals surface area contributed by atoms with E-state index in [-0.39, 0.29) is 26.1 Å². The highest BCUT2D eigenvalue weighted by Crippen LogP contribution is 2.38. The Hall–Kier alpha value is -3.59. The fourth-order valence-electron chi connectivity index (χ4n) is 7.89. The van der Waals surface area contributed by atoms with Gasteiger partial charge in [-0.15, -0.1) is 0 Å². The van der Waals surface area contributed by atoms with E-state index in [1.54, 1.807) is 0 Å². The molecule has 2 unspecified atom stereocenters. The summed E-state index contributed by atoms with van der Waals surface area (Å²) in [5, 5.41) is 0. The van der Waals surface area contributed by atoms with Crippen LogP contribution in [0.3, 0.4) is 0 Å². The predicted octanol–water partition coefficient (Wildman–Crippen LogP) is 18.5. The Bertz CT molecular complexity index is 1700. The van der Waals surface area contributed by atoms with Crippen molar-refractivity contribution in [2.24, 2.45) is 0 Å². The molecule has 10 heteroatoms. The third kappa shape index (κ3) is 59.7. The summed E-state index contributed by atoms with van der Waals surface area (Å²) in [7, 11) is 1.15. The first-order valence-electron chi connectivity index (χ1n) is 30.2. The number of allylic oxidation sites excluding steroid dienone is 20. The number of phosphoric ester groups is 1. The van der Waals surface area contributed by atoms with Gasteiger partial charge in [0.2, 0.25) is 0 Å². The van der Waals surface area contributed by atoms with Crippen LogP contribution >= 0.6 is 7.82 Å². The topological polar surface area (TPSA) is 111 Å². The molecule has 0 aromatic rings. The second-order valence-electron chi connectivity index (χ2n) is 20.9. The Balaban J connectivity index is 4.19. The fourth-order valence-corrected chi connectivity index (χ4v) is 8.61. The van der Waals surface area contributed by atoms with Gasteiger partial charge in [0.25, 0.3) is 7.82 Å². The van der Waals surface area contributed by atoms with E-state index < -0.39 is 32.5 Å². The summed E-state index contributed by atoms with van der Waals surface area (Å²) >= 11 is 0. The highest BCUT2D eigenvalue weighted by Gasteiger charge is 2.22. The summed E-state index contributed by atoms with van der Waals surface area (Å²) in [5.74, 6) is -0.848. The zero-order valence-electron chi connectivity index (χ0n) is 49.2. The van der Waals surface area contributed by atoms with Crippen LogP contribution in [0.4, 0.5) is 0 Å². The number of phosphoric acid groups is 1. The molecule has 0 aliphatic rings. The molecule has 0 aromatic heterocycles. The van der Waals surface area contributed by atoms with Gasteiger partial charge in [0.05, 0.1) is 27.7 Å². The Morgan fingerprint density at radius 1 is 0.408 bits per heavy atom. The summed E-state index contributed by atoms with van der Waals surface area (Å²) in [5.41, 5.74) is 0. The van der Waals surface area contributed by atoms with Gasteiger partial charge in [-0.1, -0.05) is 238 Å². The molecule has 0 fully saturated rings. The number of hydrogen-bond donors (Lipinski definition) is 0. The zero-order chi connectivity index (χ0) is 55.6. The maximum absolute atomic E-state index is 12.8. The number of nitrogens with zero attached hydrogens (tertiary/aromatic N) is 1. The van der Waals surface area contributed by atoms with Crippen LogP contribution in [0.5, 0.6) is 0 Å². The number of ether oxygens (including phenoxy) is 2. The van der Waals surface area contributed by atoms with E-state index in [4.69, 9.17) is 18.5 Å². The van der Waals surface area contributed by atoms with Crippen molar-refractivity contribution in [1.29, 1.82) is 0 Å². The quantitative estimate of drug-likeness (QED) is 0.0195. The van der Waals surface area contributed by atoms with Crippen LogP contribution in [0.2, 0.25) is 0 Å². The smallest absolute Gasteiger partial charge is 0.306 e. The fraction of sp³-hybridized carbons (Fsp3) is 0.667. The molecule has 0 saturated carbocycles. The first kappa shape index (κ1) is 72.4. The van der Waals surface area contributed by atoms with Crippen molar-refractivity contribution in [3.05, 3.63) is 122 Å². The molecule has 0 bridgehead atoms. The Morgan fingerprint density at radius 2 is 0.711 bits per heavy atom. The molecule has 0 aliphatic carbocycles. The maximum atomic E-state index is 12.8. The van der Waals surface area contributed by atoms with Gasteiger partial charge < -0.3 is 27.9 Å². The number of unbranched alkanes of at least 4 members (excludes halogenated alkanes) is 20. The van der Waals surface area contributed by atoms with E-state index in [0.29, 0.717) is 17.4 Å². The highest BCUT2D eigenvalue weighted by molar-refractivity contribution is 7.45. The summed E-state index contributed by atoms with van der Waals surface area (Å²) in [6.45, 7) is 4.00. The van der Waals surface area contributed by atoms with Gasteiger partial charge in [-0.2, -0.15) is 0 Å². The molecule has 0 N–H and O–H groups in total. The first-order chi connectivity index (χ1) is 37.0. The number of esters is 2. The van der Waals surface area contributed by atoms with E-state index in [2.05, 4.69) is 135 Å². The summed E-state index contributed by atoms with van der Waals surface area (Å²) in [6, 6.07) is 0. The van der Waals surface area contributed by atoms with Crippen molar-refractivity contribution in [2.75, 3.05) is 47.5 Å². The van der Waals surface area contributed by atoms with Crippen LogP contribution in [0.25, 0.3) is 0 Å². The van der Waals surface area contributed by atoms with E-state index in [0.717, 1.165) is 122 Å². The SMILES string of the molecule is CC/C=C\C/C=C\C/C=C\C/C=C\C/C=C\C/C=C\CCCCCCCCCCCCC(=O)OC(COC(=O)CCCCCCCCCCCC/C=C\C/C=C\C/C=C\C/C=C\CC)COP(=O)([O-])OCC[N+](C)(C)C. The summed E-state index contributed by atoms with van der Waals surface area (Å²) < 4.78 is 34.2.